The van der Waals surface area contributed by atoms with E-state index in [1.54, 1.807) is 13.8 Å². The van der Waals surface area contributed by atoms with Crippen LogP contribution in [0.3, 0.4) is 0 Å². The number of hydrogen-bond donors (Lipinski definition) is 0. The smallest absolute Gasteiger partial charge is 0.188 e. The number of nitrogens with zero attached hydrogens (tertiary/aromatic N) is 1. The molecule has 1 saturated heterocycles. The molecule has 2 nitrogen and oxygen atoms in total. The molecular weight excluding hydrogens is 340 g/mol. The standard InChI is InChI=1S/C16H20BrF2NO/c1-16(2,20-9-5-3-4-6-10-20)15(21)13-12(18)8-7-11(17)14(13)19/h7-8H,3-6,9-10H2,1-2H3. The van der Waals surface area contributed by atoms with Gasteiger partial charge in [0.25, 0.3) is 0 Å². The van der Waals surface area contributed by atoms with Crippen LogP contribution < -0.4 is 0 Å². The quantitative estimate of drug-likeness (QED) is 0.582. The van der Waals surface area contributed by atoms with E-state index in [-0.39, 0.29) is 4.47 Å². The number of hydrogen-bond acceptors (Lipinski definition) is 2. The second-order valence-electron chi connectivity index (χ2n) is 6.01. The van der Waals surface area contributed by atoms with Crippen LogP contribution in [0.1, 0.15) is 49.9 Å². The van der Waals surface area contributed by atoms with Crippen LogP contribution in [0, 0.1) is 11.6 Å². The van der Waals surface area contributed by atoms with Gasteiger partial charge in [0.15, 0.2) is 11.6 Å². The summed E-state index contributed by atoms with van der Waals surface area (Å²) in [6, 6.07) is 2.40. The van der Waals surface area contributed by atoms with Crippen LogP contribution in [0.15, 0.2) is 16.6 Å². The van der Waals surface area contributed by atoms with Crippen LogP contribution in [0.2, 0.25) is 0 Å². The van der Waals surface area contributed by atoms with Crippen molar-refractivity contribution in [3.05, 3.63) is 33.8 Å². The highest BCUT2D eigenvalue weighted by molar-refractivity contribution is 9.10. The van der Waals surface area contributed by atoms with Crippen molar-refractivity contribution in [1.29, 1.82) is 0 Å². The zero-order chi connectivity index (χ0) is 15.6. The molecule has 5 heteroatoms. The van der Waals surface area contributed by atoms with E-state index in [9.17, 15) is 13.6 Å². The molecule has 21 heavy (non-hydrogen) atoms. The number of halogens is 3. The van der Waals surface area contributed by atoms with Crippen LogP contribution >= 0.6 is 15.9 Å². The summed E-state index contributed by atoms with van der Waals surface area (Å²) in [5.41, 5.74) is -1.36. The molecule has 1 fully saturated rings. The molecule has 0 amide bonds. The van der Waals surface area contributed by atoms with E-state index in [1.165, 1.54) is 6.07 Å². The molecule has 0 spiro atoms. The number of Topliss-reactive ketones (excluding diaryl/α,β-unsaturated/α-hetero) is 1. The maximum Gasteiger partial charge on any atom is 0.188 e. The monoisotopic (exact) mass is 359 g/mol. The Bertz CT molecular complexity index is 537. The molecule has 0 unspecified atom stereocenters. The number of benzene rings is 1. The van der Waals surface area contributed by atoms with Crippen molar-refractivity contribution in [3.8, 4) is 0 Å². The Morgan fingerprint density at radius 2 is 1.71 bits per heavy atom. The fraction of sp³-hybridized carbons (Fsp3) is 0.562. The van der Waals surface area contributed by atoms with Crippen molar-refractivity contribution >= 4 is 21.7 Å². The molecule has 1 aliphatic heterocycles. The molecule has 0 aromatic heterocycles. The number of likely N-dealkylation sites (tertiary alicyclic amines) is 1. The van der Waals surface area contributed by atoms with Crippen LogP contribution in [-0.4, -0.2) is 29.3 Å². The van der Waals surface area contributed by atoms with E-state index in [0.29, 0.717) is 0 Å². The second kappa shape index (κ2) is 6.53. The van der Waals surface area contributed by atoms with Crippen molar-refractivity contribution in [1.82, 2.24) is 4.90 Å². The third-order valence-corrected chi connectivity index (χ3v) is 4.84. The predicted molar refractivity (Wildman–Crippen MR) is 82.5 cm³/mol. The first-order valence-electron chi connectivity index (χ1n) is 7.29. The highest BCUT2D eigenvalue weighted by Gasteiger charge is 2.38. The van der Waals surface area contributed by atoms with Gasteiger partial charge in [0.2, 0.25) is 0 Å². The van der Waals surface area contributed by atoms with Gasteiger partial charge in [-0.2, -0.15) is 0 Å². The van der Waals surface area contributed by atoms with Gasteiger partial charge in [-0.15, -0.1) is 0 Å². The SMILES string of the molecule is CC(C)(C(=O)c1c(F)ccc(Br)c1F)N1CCCCCC1. The van der Waals surface area contributed by atoms with Gasteiger partial charge >= 0.3 is 0 Å². The lowest BCUT2D eigenvalue weighted by atomic mass is 9.90. The highest BCUT2D eigenvalue weighted by Crippen LogP contribution is 2.29. The van der Waals surface area contributed by atoms with Gasteiger partial charge < -0.3 is 0 Å². The van der Waals surface area contributed by atoms with E-state index < -0.39 is 28.5 Å². The first-order valence-corrected chi connectivity index (χ1v) is 8.08. The summed E-state index contributed by atoms with van der Waals surface area (Å²) in [5, 5.41) is 0. The molecule has 116 valence electrons. The molecule has 0 aliphatic carbocycles. The number of ketones is 1. The van der Waals surface area contributed by atoms with Gasteiger partial charge in [-0.1, -0.05) is 12.8 Å². The average molecular weight is 360 g/mol. The van der Waals surface area contributed by atoms with Gasteiger partial charge in [-0.25, -0.2) is 8.78 Å². The van der Waals surface area contributed by atoms with Gasteiger partial charge in [0, 0.05) is 0 Å². The van der Waals surface area contributed by atoms with E-state index in [1.807, 2.05) is 4.90 Å². The topological polar surface area (TPSA) is 20.3 Å². The normalized spacial score (nSPS) is 17.6. The number of rotatable bonds is 3. The van der Waals surface area contributed by atoms with Gasteiger partial charge in [0.1, 0.15) is 5.82 Å². The maximum atomic E-state index is 14.2. The molecule has 0 N–H and O–H groups in total. The maximum absolute atomic E-state index is 14.2. The van der Waals surface area contributed by atoms with E-state index in [4.69, 9.17) is 0 Å². The summed E-state index contributed by atoms with van der Waals surface area (Å²) < 4.78 is 28.2. The summed E-state index contributed by atoms with van der Waals surface area (Å²) in [6.45, 7) is 5.08. The summed E-state index contributed by atoms with van der Waals surface area (Å²) in [6.07, 6.45) is 4.31. The molecule has 0 saturated carbocycles. The minimum Gasteiger partial charge on any atom is -0.292 e. The Hall–Kier alpha value is -0.810. The largest absolute Gasteiger partial charge is 0.292 e. The molecule has 2 rings (SSSR count). The van der Waals surface area contributed by atoms with Crippen molar-refractivity contribution in [2.24, 2.45) is 0 Å². The van der Waals surface area contributed by atoms with Crippen LogP contribution in [0.4, 0.5) is 8.78 Å². The zero-order valence-electron chi connectivity index (χ0n) is 12.4. The molecule has 1 aromatic carbocycles. The third-order valence-electron chi connectivity index (χ3n) is 4.22. The first-order chi connectivity index (χ1) is 9.85. The predicted octanol–water partition coefficient (Wildman–Crippen LogP) is 4.56. The lowest BCUT2D eigenvalue weighted by Gasteiger charge is -2.36. The molecular formula is C16H20BrF2NO. The van der Waals surface area contributed by atoms with Crippen molar-refractivity contribution < 1.29 is 13.6 Å². The molecule has 0 bridgehead atoms. The Labute approximate surface area is 132 Å². The minimum atomic E-state index is -0.910. The first kappa shape index (κ1) is 16.6. The van der Waals surface area contributed by atoms with Crippen molar-refractivity contribution in [3.63, 3.8) is 0 Å². The Morgan fingerprint density at radius 1 is 1.14 bits per heavy atom. The van der Waals surface area contributed by atoms with Crippen molar-refractivity contribution in [2.45, 2.75) is 45.1 Å². The van der Waals surface area contributed by atoms with Crippen LogP contribution in [0.5, 0.6) is 0 Å². The second-order valence-corrected chi connectivity index (χ2v) is 6.86. The van der Waals surface area contributed by atoms with E-state index in [0.717, 1.165) is 44.8 Å². The lowest BCUT2D eigenvalue weighted by molar-refractivity contribution is 0.0640. The zero-order valence-corrected chi connectivity index (χ0v) is 14.0. The molecule has 1 heterocycles. The fourth-order valence-electron chi connectivity index (χ4n) is 2.81. The summed E-state index contributed by atoms with van der Waals surface area (Å²) >= 11 is 3.02. The lowest BCUT2D eigenvalue weighted by Crippen LogP contribution is -2.51. The summed E-state index contributed by atoms with van der Waals surface area (Å²) in [7, 11) is 0. The Morgan fingerprint density at radius 3 is 2.29 bits per heavy atom. The summed E-state index contributed by atoms with van der Waals surface area (Å²) in [5.74, 6) is -2.12. The van der Waals surface area contributed by atoms with Gasteiger partial charge in [-0.05, 0) is 67.8 Å². The Kier molecular flexibility index (Phi) is 5.15. The van der Waals surface area contributed by atoms with E-state index in [2.05, 4.69) is 15.9 Å². The fourth-order valence-corrected chi connectivity index (χ4v) is 3.14. The molecule has 0 atom stereocenters. The summed E-state index contributed by atoms with van der Waals surface area (Å²) in [4.78, 5) is 14.8. The third kappa shape index (κ3) is 3.34. The Balaban J connectivity index is 2.35. The van der Waals surface area contributed by atoms with Gasteiger partial charge in [-0.3, -0.25) is 9.69 Å². The van der Waals surface area contributed by atoms with Crippen LogP contribution in [-0.2, 0) is 0 Å². The van der Waals surface area contributed by atoms with Gasteiger partial charge in [0.05, 0.1) is 15.6 Å². The number of carbonyl (C=O) groups is 1. The molecule has 1 aliphatic rings. The minimum absolute atomic E-state index is 0.110. The van der Waals surface area contributed by atoms with Crippen LogP contribution in [0.25, 0.3) is 0 Å². The molecule has 1 aromatic rings. The average Bonchev–Trinajstić information content (AvgIpc) is 2.72. The van der Waals surface area contributed by atoms with E-state index >= 15 is 0 Å². The van der Waals surface area contributed by atoms with Crippen molar-refractivity contribution in [2.75, 3.05) is 13.1 Å². The molecule has 0 radical (unpaired) electrons. The highest BCUT2D eigenvalue weighted by atomic mass is 79.9. The number of carbonyl (C=O) groups excluding carboxylic acids is 1.